The first-order valence-electron chi connectivity index (χ1n) is 40.3. The van der Waals surface area contributed by atoms with Crippen LogP contribution in [0.1, 0.15) is 172 Å². The van der Waals surface area contributed by atoms with E-state index in [-0.39, 0.29) is 254 Å². The van der Waals surface area contributed by atoms with Crippen molar-refractivity contribution in [2.24, 2.45) is 0 Å². The molecule has 0 fully saturated rings. The number of phenolic OH excluding ortho intramolecular Hbond substituents is 5. The highest BCUT2D eigenvalue weighted by atomic mass is 16.5. The molecule has 5 aliphatic rings. The van der Waals surface area contributed by atoms with Crippen LogP contribution in [0.5, 0.6) is 40.2 Å². The maximum absolute atomic E-state index is 15.0. The lowest BCUT2D eigenvalue weighted by Crippen LogP contribution is -2.50. The molecule has 6 unspecified atom stereocenters. The molecule has 17 N–H and O–H groups in total. The number of nitrogens with zero attached hydrogens (tertiary/aromatic N) is 4. The summed E-state index contributed by atoms with van der Waals surface area (Å²) in [6, 6.07) is 28.7. The molecule has 12 bridgehead atoms. The predicted molar refractivity (Wildman–Crippen MR) is 444 cm³/mol. The fraction of sp³-hybridized carbons (Fsp3) is 0.356. The Bertz CT molecular complexity index is 5200. The molecule has 0 radical (unpaired) electrons. The van der Waals surface area contributed by atoms with Gasteiger partial charge in [-0.25, -0.2) is 4.79 Å². The predicted octanol–water partition coefficient (Wildman–Crippen LogP) is 2.74. The number of carbonyl (C=O) groups excluding carboxylic acids is 10. The topological polar surface area (TPSA) is 489 Å². The number of aromatic hydroxyl groups is 5. The Morgan fingerprint density at radius 2 is 0.785 bits per heavy atom. The van der Waals surface area contributed by atoms with Crippen molar-refractivity contribution in [2.75, 3.05) is 131 Å². The molecule has 0 saturated carbocycles. The lowest BCUT2D eigenvalue weighted by atomic mass is 9.88. The molecule has 34 nitrogen and oxygen atoms in total. The molecule has 0 aromatic heterocycles. The number of carboxylic acids is 2. The van der Waals surface area contributed by atoms with Gasteiger partial charge in [0.2, 0.25) is 5.91 Å². The number of aliphatic carboxylic acids is 1. The molecule has 6 atom stereocenters. The summed E-state index contributed by atoms with van der Waals surface area (Å²) in [6.07, 6.45) is 1.49. The fourth-order valence-corrected chi connectivity index (χ4v) is 14.9. The van der Waals surface area contributed by atoms with Crippen molar-refractivity contribution >= 4 is 83.2 Å². The van der Waals surface area contributed by atoms with Crippen LogP contribution in [-0.2, 0) is 9.59 Å². The third-order valence-corrected chi connectivity index (χ3v) is 21.4. The summed E-state index contributed by atoms with van der Waals surface area (Å²) in [5, 5.41) is 108. The first kappa shape index (κ1) is 88.4. The van der Waals surface area contributed by atoms with Gasteiger partial charge >= 0.3 is 11.9 Å². The maximum atomic E-state index is 15.0. The summed E-state index contributed by atoms with van der Waals surface area (Å²) in [4.78, 5) is 174. The zero-order chi connectivity index (χ0) is 86.2. The Kier molecular flexibility index (Phi) is 30.9. The van der Waals surface area contributed by atoms with Crippen LogP contribution in [-0.4, -0.2) is 269 Å². The molecule has 5 heterocycles. The number of benzene rings is 7. The van der Waals surface area contributed by atoms with E-state index < -0.39 is 100 Å². The molecule has 0 spiro atoms. The second-order valence-corrected chi connectivity index (χ2v) is 29.9. The SMILES string of the molecule is C=c1ccc2c(c1)Oc1cc(O)ccc1C=2c1ccc(C(=O)NCCCCC2CN3CCNC(=O)c4cccc(c4O)C(=O)NCCN(CCNC(=O)c4cccc(c4O)C(=O)N2)CCN2CCNC(=O)c4cccc(c4O)C(=O)NCCN(CC3)CC(CCCCNC(=O)CCCC(=O)O)NC(=O)c3cccc(c3O)C(=O)NCC2)cc1C(=O)O. The van der Waals surface area contributed by atoms with Crippen molar-refractivity contribution in [2.45, 2.75) is 69.9 Å². The van der Waals surface area contributed by atoms with Gasteiger partial charge < -0.3 is 93.7 Å². The van der Waals surface area contributed by atoms with Crippen molar-refractivity contribution in [1.29, 1.82) is 0 Å². The molecule has 638 valence electrons. The summed E-state index contributed by atoms with van der Waals surface area (Å²) in [5.74, 6) is -11.3. The monoisotopic (exact) mass is 1660 g/mol. The van der Waals surface area contributed by atoms with E-state index in [1.54, 1.807) is 24.3 Å². The average molecular weight is 1660 g/mol. The number of ether oxygens (including phenoxy) is 1. The molecule has 10 amide bonds. The minimum Gasteiger partial charge on any atom is -0.508 e. The highest BCUT2D eigenvalue weighted by Crippen LogP contribution is 2.39. The maximum Gasteiger partial charge on any atom is 0.336 e. The molecular formula is C87H100N14O20. The van der Waals surface area contributed by atoms with Crippen LogP contribution < -0.4 is 68.3 Å². The van der Waals surface area contributed by atoms with Gasteiger partial charge in [-0.1, -0.05) is 49.0 Å². The number of aromatic carboxylic acids is 1. The lowest BCUT2D eigenvalue weighted by Gasteiger charge is -2.33. The normalized spacial score (nSPS) is 19.5. The molecule has 5 aliphatic heterocycles. The second-order valence-electron chi connectivity index (χ2n) is 29.9. The van der Waals surface area contributed by atoms with Gasteiger partial charge in [0, 0.05) is 184 Å². The standard InChI is InChI=1S/C87H100N14O20/c1-52-23-26-58-69(47-52)121-70-49-56(102)25-28-59(70)73(58)57-27-24-53(48-68(57)87(119)120)78(110)89-30-5-3-12-55-51-101-42-36-95-82(114)63-16-7-14-61(75(63)107)80(112)91-32-38-99(40-34-93-84(116)65-18-9-20-67(77(65)109)86(118)97-55)44-43-98-37-31-90-79(111)60-13-6-15-62(74(60)106)81(113)94-35-41-100(45-46-101)50-54(11-2-4-29-88-71(103)21-10-22-72(104)105)96-85(117)66-19-8-17-64(76(66)108)83(115)92-33-39-98/h6-9,13-20,23-28,47-49,54-55,102,106-109H,1-5,10-12,21-22,29-46,50-51H2,(H,88,103)(H,89,110)(H,90,111)(H,91,112)(H,92,115)(H,93,116)(H,94,113)(H,95,114)(H,96,117)(H,97,118)(H,104,105)(H,119,120). The van der Waals surface area contributed by atoms with E-state index in [9.17, 15) is 83.4 Å². The number of hydrogen-bond donors (Lipinski definition) is 17. The van der Waals surface area contributed by atoms with Crippen LogP contribution in [0.2, 0.25) is 0 Å². The average Bonchev–Trinajstić information content (AvgIpc) is 0.742. The number of hydrogen-bond acceptors (Lipinski definition) is 22. The van der Waals surface area contributed by atoms with Crippen LogP contribution in [0.15, 0.2) is 127 Å². The van der Waals surface area contributed by atoms with E-state index in [2.05, 4.69) is 59.7 Å². The van der Waals surface area contributed by atoms with Crippen molar-refractivity contribution in [1.82, 2.24) is 72.8 Å². The molecular weight excluding hydrogens is 1560 g/mol. The quantitative estimate of drug-likeness (QED) is 0.0583. The third kappa shape index (κ3) is 23.7. The lowest BCUT2D eigenvalue weighted by molar-refractivity contribution is -0.137. The minimum absolute atomic E-state index is 0.00679. The highest BCUT2D eigenvalue weighted by molar-refractivity contribution is 6.08. The molecule has 7 aromatic carbocycles. The van der Waals surface area contributed by atoms with Crippen LogP contribution in [0.3, 0.4) is 0 Å². The second kappa shape index (κ2) is 42.3. The van der Waals surface area contributed by atoms with E-state index in [0.29, 0.717) is 40.2 Å². The molecule has 0 aliphatic carbocycles. The van der Waals surface area contributed by atoms with Gasteiger partial charge in [0.1, 0.15) is 40.2 Å². The van der Waals surface area contributed by atoms with Gasteiger partial charge in [-0.05, 0) is 135 Å². The van der Waals surface area contributed by atoms with Gasteiger partial charge in [0.25, 0.3) is 53.2 Å². The molecule has 121 heavy (non-hydrogen) atoms. The molecule has 34 heteroatoms. The molecule has 12 rings (SSSR count). The van der Waals surface area contributed by atoms with E-state index in [0.717, 1.165) is 0 Å². The van der Waals surface area contributed by atoms with Crippen LogP contribution in [0, 0.1) is 0 Å². The van der Waals surface area contributed by atoms with E-state index >= 15 is 4.79 Å². The zero-order valence-corrected chi connectivity index (χ0v) is 66.7. The minimum atomic E-state index is -1.33. The highest BCUT2D eigenvalue weighted by Gasteiger charge is 2.31. The first-order chi connectivity index (χ1) is 58.3. The third-order valence-electron chi connectivity index (χ3n) is 21.4. The number of fused-ring (bicyclic) bond motifs is 18. The van der Waals surface area contributed by atoms with E-state index in [1.165, 1.54) is 103 Å². The number of nitrogens with one attached hydrogen (secondary N) is 10. The summed E-state index contributed by atoms with van der Waals surface area (Å²) >= 11 is 0. The van der Waals surface area contributed by atoms with Gasteiger partial charge in [-0.3, -0.25) is 72.3 Å². The number of carbonyl (C=O) groups is 12. The smallest absolute Gasteiger partial charge is 0.336 e. The first-order valence-corrected chi connectivity index (χ1v) is 40.3. The van der Waals surface area contributed by atoms with Crippen LogP contribution in [0.25, 0.3) is 12.2 Å². The number of amides is 10. The number of rotatable bonds is 17. The Hall–Kier alpha value is -13.4. The number of unbranched alkanes of at least 4 members (excludes halogenated alkanes) is 2. The van der Waals surface area contributed by atoms with Crippen molar-refractivity contribution < 1.29 is 98.0 Å². The van der Waals surface area contributed by atoms with Crippen molar-refractivity contribution in [3.05, 3.63) is 205 Å². The Labute approximate surface area is 696 Å². The van der Waals surface area contributed by atoms with E-state index in [1.807, 2.05) is 19.6 Å². The summed E-state index contributed by atoms with van der Waals surface area (Å²) in [6.45, 7) is 4.38. The van der Waals surface area contributed by atoms with Gasteiger partial charge in [-0.2, -0.15) is 0 Å². The van der Waals surface area contributed by atoms with Crippen molar-refractivity contribution in [3.63, 3.8) is 0 Å². The fourth-order valence-electron chi connectivity index (χ4n) is 14.9. The summed E-state index contributed by atoms with van der Waals surface area (Å²) in [5.41, 5.74) is -0.882. The Morgan fingerprint density at radius 1 is 0.397 bits per heavy atom. The summed E-state index contributed by atoms with van der Waals surface area (Å²) < 4.78 is 6.14. The number of para-hydroxylation sites is 4. The molecule has 7 aromatic rings. The van der Waals surface area contributed by atoms with Crippen LogP contribution in [0.4, 0.5) is 0 Å². The van der Waals surface area contributed by atoms with Crippen molar-refractivity contribution in [3.8, 4) is 40.2 Å². The van der Waals surface area contributed by atoms with Gasteiger partial charge in [0.05, 0.1) is 50.1 Å². The summed E-state index contributed by atoms with van der Waals surface area (Å²) in [7, 11) is 0. The van der Waals surface area contributed by atoms with Gasteiger partial charge in [-0.15, -0.1) is 0 Å². The zero-order valence-electron chi connectivity index (χ0n) is 66.7. The molecule has 0 saturated heterocycles. The Morgan fingerprint density at radius 3 is 1.20 bits per heavy atom. The number of carboxylic acid groups (broad SMARTS) is 2. The Balaban J connectivity index is 0.956. The van der Waals surface area contributed by atoms with Crippen LogP contribution >= 0.6 is 0 Å². The van der Waals surface area contributed by atoms with E-state index in [4.69, 9.17) is 9.84 Å². The largest absolute Gasteiger partial charge is 0.508 e. The number of phenols is 5. The van der Waals surface area contributed by atoms with Gasteiger partial charge in [0.15, 0.2) is 0 Å².